The molecule has 9 heteroatoms. The minimum atomic E-state index is -0.542. The minimum absolute atomic E-state index is 0.208. The third-order valence-electron chi connectivity index (χ3n) is 4.43. The Bertz CT molecular complexity index is 1080. The molecule has 1 N–H and O–H groups in total. The molecule has 0 fully saturated rings. The summed E-state index contributed by atoms with van der Waals surface area (Å²) in [6.07, 6.45) is 0. The van der Waals surface area contributed by atoms with E-state index in [2.05, 4.69) is 10.4 Å². The molecule has 1 aromatic heterocycles. The fourth-order valence-corrected chi connectivity index (χ4v) is 3.04. The van der Waals surface area contributed by atoms with Crippen LogP contribution in [0.5, 0.6) is 5.75 Å². The van der Waals surface area contributed by atoms with Crippen molar-refractivity contribution in [3.63, 3.8) is 0 Å². The molecule has 3 aromatic rings. The molecule has 0 atom stereocenters. The topological polar surface area (TPSA) is 99.3 Å². The van der Waals surface area contributed by atoms with Crippen LogP contribution in [0.25, 0.3) is 0 Å². The van der Waals surface area contributed by atoms with E-state index in [-0.39, 0.29) is 24.9 Å². The zero-order valence-corrected chi connectivity index (χ0v) is 17.3. The number of aryl methyl sites for hydroxylation is 2. The van der Waals surface area contributed by atoms with E-state index in [0.29, 0.717) is 28.6 Å². The van der Waals surface area contributed by atoms with Crippen LogP contribution in [0.1, 0.15) is 27.2 Å². The molecule has 30 heavy (non-hydrogen) atoms. The lowest BCUT2D eigenvalue weighted by Crippen LogP contribution is -2.27. The van der Waals surface area contributed by atoms with Crippen molar-refractivity contribution in [2.45, 2.75) is 27.0 Å². The summed E-state index contributed by atoms with van der Waals surface area (Å²) >= 11 is 6.15. The summed E-state index contributed by atoms with van der Waals surface area (Å²) in [5.41, 5.74) is 3.03. The number of carbonyl (C=O) groups excluding carboxylic acids is 1. The highest BCUT2D eigenvalue weighted by Gasteiger charge is 2.15. The number of ether oxygens (including phenoxy) is 1. The number of amides is 1. The molecule has 0 aliphatic heterocycles. The molecule has 0 saturated heterocycles. The predicted molar refractivity (Wildman–Crippen MR) is 113 cm³/mol. The molecular weight excluding hydrogens is 408 g/mol. The summed E-state index contributed by atoms with van der Waals surface area (Å²) in [6, 6.07) is 14.1. The molecule has 0 unspecified atom stereocenters. The van der Waals surface area contributed by atoms with E-state index >= 15 is 0 Å². The van der Waals surface area contributed by atoms with E-state index < -0.39 is 4.92 Å². The lowest BCUT2D eigenvalue weighted by molar-refractivity contribution is -0.389. The van der Waals surface area contributed by atoms with Crippen molar-refractivity contribution in [2.24, 2.45) is 0 Å². The quantitative estimate of drug-likeness (QED) is 0.430. The molecule has 2 aromatic carbocycles. The number of nitrogens with zero attached hydrogens (tertiary/aromatic N) is 3. The maximum Gasteiger partial charge on any atom is 0.390 e. The monoisotopic (exact) mass is 428 g/mol. The van der Waals surface area contributed by atoms with Gasteiger partial charge >= 0.3 is 5.82 Å². The van der Waals surface area contributed by atoms with Crippen molar-refractivity contribution < 1.29 is 14.5 Å². The number of nitrogens with one attached hydrogen (secondary N) is 1. The Morgan fingerprint density at radius 3 is 2.77 bits per heavy atom. The Kier molecular flexibility index (Phi) is 6.68. The summed E-state index contributed by atoms with van der Waals surface area (Å²) < 4.78 is 7.28. The average molecular weight is 429 g/mol. The van der Waals surface area contributed by atoms with E-state index in [1.54, 1.807) is 31.2 Å². The normalized spacial score (nSPS) is 10.6. The van der Waals surface area contributed by atoms with Crippen molar-refractivity contribution in [3.05, 3.63) is 86.1 Å². The Balaban J connectivity index is 1.56. The van der Waals surface area contributed by atoms with Crippen LogP contribution >= 0.6 is 11.6 Å². The van der Waals surface area contributed by atoms with Gasteiger partial charge in [-0.25, -0.2) is 0 Å². The number of rotatable bonds is 8. The molecule has 1 amide bonds. The number of nitro groups is 1. The number of halogens is 1. The van der Waals surface area contributed by atoms with Crippen LogP contribution < -0.4 is 10.1 Å². The van der Waals surface area contributed by atoms with Crippen molar-refractivity contribution in [1.29, 1.82) is 0 Å². The summed E-state index contributed by atoms with van der Waals surface area (Å²) in [6.45, 7) is 4.58. The van der Waals surface area contributed by atoms with Crippen LogP contribution in [-0.4, -0.2) is 27.2 Å². The van der Waals surface area contributed by atoms with Gasteiger partial charge in [0.15, 0.2) is 0 Å². The molecule has 1 heterocycles. The summed E-state index contributed by atoms with van der Waals surface area (Å²) in [7, 11) is 0. The summed E-state index contributed by atoms with van der Waals surface area (Å²) in [5.74, 6) is 0.139. The van der Waals surface area contributed by atoms with Gasteiger partial charge in [-0.05, 0) is 54.2 Å². The van der Waals surface area contributed by atoms with Gasteiger partial charge in [0.1, 0.15) is 12.4 Å². The van der Waals surface area contributed by atoms with Crippen LogP contribution in [0.2, 0.25) is 5.02 Å². The Hall–Kier alpha value is -3.39. The maximum absolute atomic E-state index is 12.4. The Morgan fingerprint density at radius 1 is 1.23 bits per heavy atom. The second-order valence-electron chi connectivity index (χ2n) is 6.80. The molecule has 8 nitrogen and oxygen atoms in total. The van der Waals surface area contributed by atoms with Crippen LogP contribution in [0.3, 0.4) is 0 Å². The number of benzene rings is 2. The largest absolute Gasteiger partial charge is 0.487 e. The maximum atomic E-state index is 12.4. The first-order valence-electron chi connectivity index (χ1n) is 9.28. The SMILES string of the molecule is Cc1ccc(Cl)c(OCc2cccc(C(=O)NCCn3nc([N+](=O)[O-])cc3C)c2)c1. The van der Waals surface area contributed by atoms with E-state index in [4.69, 9.17) is 16.3 Å². The first kappa shape index (κ1) is 21.3. The number of hydrogen-bond donors (Lipinski definition) is 1. The van der Waals surface area contributed by atoms with E-state index in [9.17, 15) is 14.9 Å². The molecule has 0 spiro atoms. The van der Waals surface area contributed by atoms with Crippen molar-refractivity contribution in [3.8, 4) is 5.75 Å². The van der Waals surface area contributed by atoms with E-state index in [0.717, 1.165) is 11.1 Å². The first-order valence-corrected chi connectivity index (χ1v) is 9.66. The molecule has 0 aliphatic rings. The third-order valence-corrected chi connectivity index (χ3v) is 4.75. The lowest BCUT2D eigenvalue weighted by Gasteiger charge is -2.10. The molecule has 0 saturated carbocycles. The molecule has 3 rings (SSSR count). The van der Waals surface area contributed by atoms with E-state index in [1.807, 2.05) is 25.1 Å². The fourth-order valence-electron chi connectivity index (χ4n) is 2.87. The van der Waals surface area contributed by atoms with Crippen LogP contribution in [0.15, 0.2) is 48.5 Å². The highest BCUT2D eigenvalue weighted by atomic mass is 35.5. The fraction of sp³-hybridized carbons (Fsp3) is 0.238. The summed E-state index contributed by atoms with van der Waals surface area (Å²) in [4.78, 5) is 22.7. The van der Waals surface area contributed by atoms with Gasteiger partial charge in [-0.1, -0.05) is 29.8 Å². The van der Waals surface area contributed by atoms with Gasteiger partial charge in [-0.3, -0.25) is 4.79 Å². The summed E-state index contributed by atoms with van der Waals surface area (Å²) in [5, 5.41) is 18.0. The number of carbonyl (C=O) groups is 1. The van der Waals surface area contributed by atoms with Crippen molar-refractivity contribution in [1.82, 2.24) is 15.1 Å². The molecule has 0 radical (unpaired) electrons. The van der Waals surface area contributed by atoms with Crippen molar-refractivity contribution in [2.75, 3.05) is 6.54 Å². The molecule has 156 valence electrons. The smallest absolute Gasteiger partial charge is 0.390 e. The second-order valence-corrected chi connectivity index (χ2v) is 7.21. The second kappa shape index (κ2) is 9.41. The van der Waals surface area contributed by atoms with Gasteiger partial charge in [0.25, 0.3) is 5.91 Å². The average Bonchev–Trinajstić information content (AvgIpc) is 3.10. The standard InChI is InChI=1S/C21H21ClN4O4/c1-14-6-7-18(22)19(10-14)30-13-16-4-3-5-17(12-16)21(27)23-8-9-25-15(2)11-20(24-25)26(28)29/h3-7,10-12H,8-9,13H2,1-2H3,(H,23,27). The van der Waals surface area contributed by atoms with Gasteiger partial charge in [-0.15, -0.1) is 0 Å². The predicted octanol–water partition coefficient (Wildman–Crippen LogP) is 4.07. The minimum Gasteiger partial charge on any atom is -0.487 e. The van der Waals surface area contributed by atoms with Gasteiger partial charge < -0.3 is 20.2 Å². The van der Waals surface area contributed by atoms with Crippen molar-refractivity contribution >= 4 is 23.3 Å². The third kappa shape index (κ3) is 5.36. The highest BCUT2D eigenvalue weighted by Crippen LogP contribution is 2.26. The van der Waals surface area contributed by atoms with Gasteiger partial charge in [0, 0.05) is 12.1 Å². The van der Waals surface area contributed by atoms with Gasteiger partial charge in [0.2, 0.25) is 0 Å². The van der Waals surface area contributed by atoms with Crippen LogP contribution in [-0.2, 0) is 13.2 Å². The molecule has 0 bridgehead atoms. The molecule has 0 aliphatic carbocycles. The zero-order chi connectivity index (χ0) is 21.7. The molecular formula is C21H21ClN4O4. The van der Waals surface area contributed by atoms with Crippen LogP contribution in [0.4, 0.5) is 5.82 Å². The van der Waals surface area contributed by atoms with Gasteiger partial charge in [0.05, 0.1) is 28.4 Å². The zero-order valence-electron chi connectivity index (χ0n) is 16.6. The van der Waals surface area contributed by atoms with Gasteiger partial charge in [-0.2, -0.15) is 4.68 Å². The first-order chi connectivity index (χ1) is 14.3. The number of hydrogen-bond acceptors (Lipinski definition) is 5. The highest BCUT2D eigenvalue weighted by molar-refractivity contribution is 6.32. The number of aromatic nitrogens is 2. The Morgan fingerprint density at radius 2 is 2.03 bits per heavy atom. The van der Waals surface area contributed by atoms with Crippen LogP contribution in [0, 0.1) is 24.0 Å². The lowest BCUT2D eigenvalue weighted by atomic mass is 10.1. The Labute approximate surface area is 178 Å². The van der Waals surface area contributed by atoms with E-state index in [1.165, 1.54) is 10.7 Å².